The molecule has 2 rings (SSSR count). The molecule has 1 heterocycles. The summed E-state index contributed by atoms with van der Waals surface area (Å²) in [5, 5.41) is 0. The molecule has 18 heavy (non-hydrogen) atoms. The number of likely N-dealkylation sites (tertiary alicyclic amines) is 1. The van der Waals surface area contributed by atoms with Crippen molar-refractivity contribution >= 4 is 21.8 Å². The maximum absolute atomic E-state index is 12.6. The summed E-state index contributed by atoms with van der Waals surface area (Å²) in [6.07, 6.45) is 1.22. The van der Waals surface area contributed by atoms with Gasteiger partial charge in [-0.3, -0.25) is 4.79 Å². The molecule has 1 aromatic rings. The molecular weight excluding hydrogens is 290 g/mol. The molecule has 1 aliphatic heterocycles. The monoisotopic (exact) mass is 309 g/mol. The molecule has 0 aromatic heterocycles. The standard InChI is InChI=1S/C15H20BrNO/c1-10-7-11(2)9-17(8-10)15(18)13-5-4-6-14(16)12(13)3/h4-6,10-11H,7-9H2,1-3H3. The lowest BCUT2D eigenvalue weighted by Crippen LogP contribution is -2.42. The van der Waals surface area contributed by atoms with E-state index in [4.69, 9.17) is 0 Å². The highest BCUT2D eigenvalue weighted by atomic mass is 79.9. The van der Waals surface area contributed by atoms with Crippen molar-refractivity contribution in [3.63, 3.8) is 0 Å². The second-order valence-electron chi connectivity index (χ2n) is 5.57. The SMILES string of the molecule is Cc1c(Br)cccc1C(=O)N1CC(C)CC(C)C1. The number of amides is 1. The molecular formula is C15H20BrNO. The van der Waals surface area contributed by atoms with E-state index in [9.17, 15) is 4.79 Å². The van der Waals surface area contributed by atoms with Crippen LogP contribution in [0.15, 0.2) is 22.7 Å². The topological polar surface area (TPSA) is 20.3 Å². The second kappa shape index (κ2) is 5.43. The lowest BCUT2D eigenvalue weighted by Gasteiger charge is -2.35. The fourth-order valence-electron chi connectivity index (χ4n) is 2.84. The number of carbonyl (C=O) groups is 1. The molecule has 2 atom stereocenters. The van der Waals surface area contributed by atoms with Gasteiger partial charge in [0.2, 0.25) is 0 Å². The van der Waals surface area contributed by atoms with Gasteiger partial charge >= 0.3 is 0 Å². The van der Waals surface area contributed by atoms with Crippen LogP contribution in [0.1, 0.15) is 36.2 Å². The molecule has 0 radical (unpaired) electrons. The summed E-state index contributed by atoms with van der Waals surface area (Å²) in [4.78, 5) is 14.6. The van der Waals surface area contributed by atoms with Gasteiger partial charge in [-0.2, -0.15) is 0 Å². The molecule has 1 amide bonds. The Balaban J connectivity index is 2.23. The minimum Gasteiger partial charge on any atom is -0.338 e. The highest BCUT2D eigenvalue weighted by Crippen LogP contribution is 2.25. The number of halogens is 1. The van der Waals surface area contributed by atoms with Crippen molar-refractivity contribution in [2.75, 3.05) is 13.1 Å². The zero-order valence-electron chi connectivity index (χ0n) is 11.2. The fourth-order valence-corrected chi connectivity index (χ4v) is 3.20. The minimum atomic E-state index is 0.173. The van der Waals surface area contributed by atoms with Crippen LogP contribution in [0.3, 0.4) is 0 Å². The van der Waals surface area contributed by atoms with E-state index in [1.165, 1.54) is 6.42 Å². The number of carbonyl (C=O) groups excluding carboxylic acids is 1. The van der Waals surface area contributed by atoms with Crippen molar-refractivity contribution in [2.45, 2.75) is 27.2 Å². The molecule has 0 spiro atoms. The van der Waals surface area contributed by atoms with Gasteiger partial charge in [-0.15, -0.1) is 0 Å². The normalized spacial score (nSPS) is 24.1. The molecule has 1 saturated heterocycles. The molecule has 1 fully saturated rings. The van der Waals surface area contributed by atoms with Crippen LogP contribution in [0.4, 0.5) is 0 Å². The molecule has 1 aliphatic rings. The first-order valence-electron chi connectivity index (χ1n) is 6.53. The lowest BCUT2D eigenvalue weighted by molar-refractivity contribution is 0.0622. The Hall–Kier alpha value is -0.830. The smallest absolute Gasteiger partial charge is 0.254 e. The summed E-state index contributed by atoms with van der Waals surface area (Å²) in [7, 11) is 0. The van der Waals surface area contributed by atoms with Crippen molar-refractivity contribution in [3.8, 4) is 0 Å². The molecule has 1 aromatic carbocycles. The Kier molecular flexibility index (Phi) is 4.10. The van der Waals surface area contributed by atoms with E-state index in [-0.39, 0.29) is 5.91 Å². The van der Waals surface area contributed by atoms with Gasteiger partial charge in [0.25, 0.3) is 5.91 Å². The van der Waals surface area contributed by atoms with Gasteiger partial charge in [-0.25, -0.2) is 0 Å². The third-order valence-corrected chi connectivity index (χ3v) is 4.51. The predicted octanol–water partition coefficient (Wildman–Crippen LogP) is 3.88. The van der Waals surface area contributed by atoms with Crippen molar-refractivity contribution < 1.29 is 4.79 Å². The Morgan fingerprint density at radius 1 is 1.28 bits per heavy atom. The van der Waals surface area contributed by atoms with Crippen LogP contribution < -0.4 is 0 Å². The first-order valence-corrected chi connectivity index (χ1v) is 7.32. The molecule has 0 bridgehead atoms. The van der Waals surface area contributed by atoms with Crippen LogP contribution >= 0.6 is 15.9 Å². The summed E-state index contributed by atoms with van der Waals surface area (Å²) in [5.74, 6) is 1.38. The average molecular weight is 310 g/mol. The maximum Gasteiger partial charge on any atom is 0.254 e. The van der Waals surface area contributed by atoms with E-state index in [1.807, 2.05) is 30.0 Å². The van der Waals surface area contributed by atoms with Gasteiger partial charge in [-0.05, 0) is 42.9 Å². The molecule has 98 valence electrons. The third kappa shape index (κ3) is 2.77. The minimum absolute atomic E-state index is 0.173. The highest BCUT2D eigenvalue weighted by Gasteiger charge is 2.26. The van der Waals surface area contributed by atoms with Gasteiger partial charge in [0, 0.05) is 23.1 Å². The quantitative estimate of drug-likeness (QED) is 0.771. The van der Waals surface area contributed by atoms with Crippen LogP contribution in [0, 0.1) is 18.8 Å². The lowest BCUT2D eigenvalue weighted by atomic mass is 9.91. The van der Waals surface area contributed by atoms with E-state index in [1.54, 1.807) is 0 Å². The summed E-state index contributed by atoms with van der Waals surface area (Å²) >= 11 is 3.49. The maximum atomic E-state index is 12.6. The largest absolute Gasteiger partial charge is 0.338 e. The molecule has 0 N–H and O–H groups in total. The summed E-state index contributed by atoms with van der Waals surface area (Å²) in [6.45, 7) is 8.21. The fraction of sp³-hybridized carbons (Fsp3) is 0.533. The molecule has 0 saturated carbocycles. The highest BCUT2D eigenvalue weighted by molar-refractivity contribution is 9.10. The van der Waals surface area contributed by atoms with Gasteiger partial charge in [0.15, 0.2) is 0 Å². The predicted molar refractivity (Wildman–Crippen MR) is 77.7 cm³/mol. The van der Waals surface area contributed by atoms with Crippen LogP contribution in [0.5, 0.6) is 0 Å². The number of hydrogen-bond donors (Lipinski definition) is 0. The van der Waals surface area contributed by atoms with Crippen LogP contribution in [-0.2, 0) is 0 Å². The Bertz CT molecular complexity index is 448. The molecule has 3 heteroatoms. The van der Waals surface area contributed by atoms with Crippen molar-refractivity contribution in [1.82, 2.24) is 4.90 Å². The number of piperidine rings is 1. The zero-order valence-corrected chi connectivity index (χ0v) is 12.8. The Morgan fingerprint density at radius 3 is 2.50 bits per heavy atom. The second-order valence-corrected chi connectivity index (χ2v) is 6.42. The van der Waals surface area contributed by atoms with Crippen molar-refractivity contribution in [1.29, 1.82) is 0 Å². The molecule has 2 unspecified atom stereocenters. The van der Waals surface area contributed by atoms with E-state index in [0.29, 0.717) is 11.8 Å². The number of hydrogen-bond acceptors (Lipinski definition) is 1. The molecule has 0 aliphatic carbocycles. The van der Waals surface area contributed by atoms with E-state index in [2.05, 4.69) is 29.8 Å². The van der Waals surface area contributed by atoms with E-state index < -0.39 is 0 Å². The van der Waals surface area contributed by atoms with Crippen molar-refractivity contribution in [3.05, 3.63) is 33.8 Å². The van der Waals surface area contributed by atoms with Gasteiger partial charge < -0.3 is 4.90 Å². The summed E-state index contributed by atoms with van der Waals surface area (Å²) in [6, 6.07) is 5.83. The van der Waals surface area contributed by atoms with Gasteiger partial charge in [0.05, 0.1) is 0 Å². The van der Waals surface area contributed by atoms with E-state index in [0.717, 1.165) is 28.7 Å². The van der Waals surface area contributed by atoms with Gasteiger partial charge in [-0.1, -0.05) is 35.8 Å². The molecule has 2 nitrogen and oxygen atoms in total. The van der Waals surface area contributed by atoms with Crippen LogP contribution in [0.25, 0.3) is 0 Å². The van der Waals surface area contributed by atoms with E-state index >= 15 is 0 Å². The summed E-state index contributed by atoms with van der Waals surface area (Å²) in [5.41, 5.74) is 1.86. The third-order valence-electron chi connectivity index (χ3n) is 3.65. The summed E-state index contributed by atoms with van der Waals surface area (Å²) < 4.78 is 1.01. The number of rotatable bonds is 1. The number of benzene rings is 1. The van der Waals surface area contributed by atoms with Crippen LogP contribution in [-0.4, -0.2) is 23.9 Å². The zero-order chi connectivity index (χ0) is 13.3. The van der Waals surface area contributed by atoms with Crippen molar-refractivity contribution in [2.24, 2.45) is 11.8 Å². The van der Waals surface area contributed by atoms with Crippen LogP contribution in [0.2, 0.25) is 0 Å². The average Bonchev–Trinajstić information content (AvgIpc) is 2.30. The van der Waals surface area contributed by atoms with Gasteiger partial charge in [0.1, 0.15) is 0 Å². The first-order chi connectivity index (χ1) is 8.49. The number of nitrogens with zero attached hydrogens (tertiary/aromatic N) is 1. The Labute approximate surface area is 117 Å². The Morgan fingerprint density at radius 2 is 1.89 bits per heavy atom. The first kappa shape index (κ1) is 13.6.